The molecule has 1 amide bonds. The lowest BCUT2D eigenvalue weighted by molar-refractivity contribution is -0.136. The molecule has 1 aromatic carbocycles. The number of carboxylic acids is 1. The standard InChI is InChI=1S/C15H14N4O3S/c20-12(16-4-3-13(21)22)8-9-1-2-11-10(7-9)19-14-15(23-11)18-6-5-17-14/h1-2,5-7H,3-4,8H2,(H,16,20)(H,17,19)(H,21,22). The van der Waals surface area contributed by atoms with E-state index in [4.69, 9.17) is 5.11 Å². The fourth-order valence-corrected chi connectivity index (χ4v) is 3.03. The van der Waals surface area contributed by atoms with Crippen LogP contribution >= 0.6 is 11.8 Å². The molecule has 0 fully saturated rings. The minimum Gasteiger partial charge on any atom is -0.481 e. The number of fused-ring (bicyclic) bond motifs is 2. The van der Waals surface area contributed by atoms with E-state index in [-0.39, 0.29) is 25.3 Å². The maximum Gasteiger partial charge on any atom is 0.305 e. The molecule has 0 bridgehead atoms. The van der Waals surface area contributed by atoms with Crippen molar-refractivity contribution in [1.29, 1.82) is 0 Å². The van der Waals surface area contributed by atoms with Crippen molar-refractivity contribution < 1.29 is 14.7 Å². The van der Waals surface area contributed by atoms with Crippen molar-refractivity contribution in [3.05, 3.63) is 36.2 Å². The van der Waals surface area contributed by atoms with Crippen LogP contribution in [0.15, 0.2) is 40.5 Å². The van der Waals surface area contributed by atoms with E-state index in [0.29, 0.717) is 5.82 Å². The Kier molecular flexibility index (Phi) is 4.42. The molecule has 0 unspecified atom stereocenters. The quantitative estimate of drug-likeness (QED) is 0.655. The van der Waals surface area contributed by atoms with E-state index in [2.05, 4.69) is 20.6 Å². The molecule has 1 aromatic heterocycles. The molecule has 1 aliphatic heterocycles. The maximum absolute atomic E-state index is 11.8. The third-order valence-corrected chi connectivity index (χ3v) is 4.26. The summed E-state index contributed by atoms with van der Waals surface area (Å²) < 4.78 is 0. The molecule has 8 heteroatoms. The third kappa shape index (κ3) is 3.78. The SMILES string of the molecule is O=C(O)CCNC(=O)Cc1ccc2c(c1)Nc1nccnc1S2. The molecular formula is C15H14N4O3S. The van der Waals surface area contributed by atoms with Gasteiger partial charge in [0.1, 0.15) is 5.03 Å². The van der Waals surface area contributed by atoms with E-state index in [0.717, 1.165) is 21.2 Å². The number of carboxylic acid groups (broad SMARTS) is 1. The molecule has 118 valence electrons. The molecule has 0 saturated carbocycles. The van der Waals surface area contributed by atoms with Gasteiger partial charge in [-0.05, 0) is 17.7 Å². The summed E-state index contributed by atoms with van der Waals surface area (Å²) in [7, 11) is 0. The first-order valence-electron chi connectivity index (χ1n) is 6.99. The summed E-state index contributed by atoms with van der Waals surface area (Å²) in [6.45, 7) is 0.135. The summed E-state index contributed by atoms with van der Waals surface area (Å²) in [4.78, 5) is 31.8. The van der Waals surface area contributed by atoms with Crippen LogP contribution in [0.3, 0.4) is 0 Å². The van der Waals surface area contributed by atoms with E-state index in [1.54, 1.807) is 12.4 Å². The van der Waals surface area contributed by atoms with E-state index in [1.165, 1.54) is 11.8 Å². The van der Waals surface area contributed by atoms with Crippen molar-refractivity contribution in [2.45, 2.75) is 22.8 Å². The Morgan fingerprint density at radius 3 is 2.91 bits per heavy atom. The predicted molar refractivity (Wildman–Crippen MR) is 84.8 cm³/mol. The number of aliphatic carboxylic acids is 1. The average Bonchev–Trinajstić information content (AvgIpc) is 2.52. The van der Waals surface area contributed by atoms with Crippen LogP contribution in [0.5, 0.6) is 0 Å². The topological polar surface area (TPSA) is 104 Å². The van der Waals surface area contributed by atoms with Crippen LogP contribution in [-0.2, 0) is 16.0 Å². The van der Waals surface area contributed by atoms with Gasteiger partial charge in [0.2, 0.25) is 5.91 Å². The van der Waals surface area contributed by atoms with Gasteiger partial charge in [0.05, 0.1) is 18.5 Å². The van der Waals surface area contributed by atoms with Gasteiger partial charge in [0.15, 0.2) is 5.82 Å². The third-order valence-electron chi connectivity index (χ3n) is 3.19. The van der Waals surface area contributed by atoms with Crippen LogP contribution in [0, 0.1) is 0 Å². The number of hydrogen-bond acceptors (Lipinski definition) is 6. The maximum atomic E-state index is 11.8. The van der Waals surface area contributed by atoms with Crippen LogP contribution in [0.1, 0.15) is 12.0 Å². The van der Waals surface area contributed by atoms with Crippen molar-refractivity contribution >= 4 is 35.1 Å². The molecule has 0 saturated heterocycles. The lowest BCUT2D eigenvalue weighted by atomic mass is 10.1. The first-order chi connectivity index (χ1) is 11.1. The van der Waals surface area contributed by atoms with Crippen molar-refractivity contribution in [2.75, 3.05) is 11.9 Å². The van der Waals surface area contributed by atoms with Crippen LogP contribution < -0.4 is 10.6 Å². The number of anilines is 2. The van der Waals surface area contributed by atoms with Gasteiger partial charge in [-0.1, -0.05) is 17.8 Å². The monoisotopic (exact) mass is 330 g/mol. The number of carbonyl (C=O) groups excluding carboxylic acids is 1. The van der Waals surface area contributed by atoms with Crippen molar-refractivity contribution in [3.63, 3.8) is 0 Å². The lowest BCUT2D eigenvalue weighted by Crippen LogP contribution is -2.27. The molecule has 2 aromatic rings. The number of hydrogen-bond donors (Lipinski definition) is 3. The summed E-state index contributed by atoms with van der Waals surface area (Å²) in [6.07, 6.45) is 3.39. The van der Waals surface area contributed by atoms with E-state index in [1.807, 2.05) is 18.2 Å². The molecule has 23 heavy (non-hydrogen) atoms. The highest BCUT2D eigenvalue weighted by molar-refractivity contribution is 7.99. The molecule has 1 aliphatic rings. The Hall–Kier alpha value is -2.61. The van der Waals surface area contributed by atoms with Gasteiger partial charge in [-0.3, -0.25) is 9.59 Å². The Balaban J connectivity index is 1.65. The summed E-state index contributed by atoms with van der Waals surface area (Å²) >= 11 is 1.53. The Bertz CT molecular complexity index is 766. The molecule has 7 nitrogen and oxygen atoms in total. The summed E-state index contributed by atoms with van der Waals surface area (Å²) in [5, 5.41) is 15.2. The van der Waals surface area contributed by atoms with Gasteiger partial charge in [-0.15, -0.1) is 0 Å². The fourth-order valence-electron chi connectivity index (χ4n) is 2.15. The largest absolute Gasteiger partial charge is 0.481 e. The van der Waals surface area contributed by atoms with Gasteiger partial charge in [0.25, 0.3) is 0 Å². The highest BCUT2D eigenvalue weighted by atomic mass is 32.2. The number of amides is 1. The molecule has 3 N–H and O–H groups in total. The molecule has 3 rings (SSSR count). The molecule has 0 spiro atoms. The Labute approximate surface area is 136 Å². The zero-order chi connectivity index (χ0) is 16.2. The van der Waals surface area contributed by atoms with Crippen LogP contribution in [0.25, 0.3) is 0 Å². The normalized spacial score (nSPS) is 11.8. The minimum atomic E-state index is -0.930. The Morgan fingerprint density at radius 2 is 2.09 bits per heavy atom. The smallest absolute Gasteiger partial charge is 0.305 e. The van der Waals surface area contributed by atoms with E-state index < -0.39 is 5.97 Å². The van der Waals surface area contributed by atoms with Crippen molar-refractivity contribution in [3.8, 4) is 0 Å². The second-order valence-electron chi connectivity index (χ2n) is 4.94. The second-order valence-corrected chi connectivity index (χ2v) is 5.97. The van der Waals surface area contributed by atoms with Crippen LogP contribution in [0.2, 0.25) is 0 Å². The Morgan fingerprint density at radius 1 is 1.26 bits per heavy atom. The summed E-state index contributed by atoms with van der Waals surface area (Å²) in [5.41, 5.74) is 1.73. The first kappa shape index (κ1) is 15.3. The van der Waals surface area contributed by atoms with E-state index in [9.17, 15) is 9.59 Å². The summed E-state index contributed by atoms with van der Waals surface area (Å²) in [5.74, 6) is -0.428. The van der Waals surface area contributed by atoms with Crippen molar-refractivity contribution in [2.24, 2.45) is 0 Å². The number of benzene rings is 1. The fraction of sp³-hybridized carbons (Fsp3) is 0.200. The van der Waals surface area contributed by atoms with Gasteiger partial charge in [-0.2, -0.15) is 0 Å². The molecule has 2 heterocycles. The molecule has 0 radical (unpaired) electrons. The average molecular weight is 330 g/mol. The highest BCUT2D eigenvalue weighted by Gasteiger charge is 2.18. The number of carbonyl (C=O) groups is 2. The van der Waals surface area contributed by atoms with Crippen LogP contribution in [0.4, 0.5) is 11.5 Å². The molecule has 0 atom stereocenters. The van der Waals surface area contributed by atoms with Gasteiger partial charge < -0.3 is 15.7 Å². The minimum absolute atomic E-state index is 0.0798. The first-order valence-corrected chi connectivity index (χ1v) is 7.81. The molecule has 0 aliphatic carbocycles. The van der Waals surface area contributed by atoms with Gasteiger partial charge in [-0.25, -0.2) is 9.97 Å². The second kappa shape index (κ2) is 6.66. The zero-order valence-electron chi connectivity index (χ0n) is 12.1. The van der Waals surface area contributed by atoms with Gasteiger partial charge in [0, 0.05) is 23.8 Å². The number of aromatic nitrogens is 2. The van der Waals surface area contributed by atoms with Gasteiger partial charge >= 0.3 is 5.97 Å². The number of nitrogens with one attached hydrogen (secondary N) is 2. The number of nitrogens with zero attached hydrogens (tertiary/aromatic N) is 2. The number of rotatable bonds is 5. The van der Waals surface area contributed by atoms with Crippen molar-refractivity contribution in [1.82, 2.24) is 15.3 Å². The molecular weight excluding hydrogens is 316 g/mol. The zero-order valence-corrected chi connectivity index (χ0v) is 12.9. The van der Waals surface area contributed by atoms with E-state index >= 15 is 0 Å². The lowest BCUT2D eigenvalue weighted by Gasteiger charge is -2.19. The highest BCUT2D eigenvalue weighted by Crippen LogP contribution is 2.41. The van der Waals surface area contributed by atoms with Crippen LogP contribution in [-0.4, -0.2) is 33.5 Å². The summed E-state index contributed by atoms with van der Waals surface area (Å²) in [6, 6.07) is 5.72. The predicted octanol–water partition coefficient (Wildman–Crippen LogP) is 1.82.